The minimum absolute atomic E-state index is 0.0855. The number of carbonyl (C=O) groups is 2. The SMILES string of the molecule is NC(=O)C1CCN(C(=O)c2cc3sccc3n2Cc2ccccc2F)CC1. The van der Waals surface area contributed by atoms with E-state index in [4.69, 9.17) is 5.73 Å². The molecule has 0 aliphatic carbocycles. The molecule has 0 radical (unpaired) electrons. The Labute approximate surface area is 160 Å². The van der Waals surface area contributed by atoms with Crippen LogP contribution in [0.1, 0.15) is 28.9 Å². The molecule has 27 heavy (non-hydrogen) atoms. The number of amides is 2. The zero-order valence-electron chi connectivity index (χ0n) is 14.7. The molecule has 2 N–H and O–H groups in total. The number of thiophene rings is 1. The van der Waals surface area contributed by atoms with Gasteiger partial charge in [-0.3, -0.25) is 9.59 Å². The highest BCUT2D eigenvalue weighted by Crippen LogP contribution is 2.28. The molecule has 1 fully saturated rings. The first-order chi connectivity index (χ1) is 13.0. The van der Waals surface area contributed by atoms with Crippen LogP contribution in [0.15, 0.2) is 41.8 Å². The van der Waals surface area contributed by atoms with E-state index in [2.05, 4.69) is 0 Å². The molecule has 0 saturated carbocycles. The van der Waals surface area contributed by atoms with Gasteiger partial charge in [0.1, 0.15) is 11.5 Å². The number of hydrogen-bond acceptors (Lipinski definition) is 3. The van der Waals surface area contributed by atoms with Crippen LogP contribution in [0.2, 0.25) is 0 Å². The fourth-order valence-electron chi connectivity index (χ4n) is 3.65. The van der Waals surface area contributed by atoms with E-state index in [9.17, 15) is 14.0 Å². The number of rotatable bonds is 4. The van der Waals surface area contributed by atoms with Crippen LogP contribution in [-0.4, -0.2) is 34.4 Å². The Balaban J connectivity index is 1.64. The zero-order valence-corrected chi connectivity index (χ0v) is 15.5. The summed E-state index contributed by atoms with van der Waals surface area (Å²) in [6, 6.07) is 10.5. The first-order valence-corrected chi connectivity index (χ1v) is 9.81. The van der Waals surface area contributed by atoms with Crippen molar-refractivity contribution in [3.8, 4) is 0 Å². The normalized spacial score (nSPS) is 15.4. The molecule has 2 aromatic heterocycles. The lowest BCUT2D eigenvalue weighted by Gasteiger charge is -2.30. The van der Waals surface area contributed by atoms with E-state index in [1.165, 1.54) is 6.07 Å². The second-order valence-electron chi connectivity index (χ2n) is 6.85. The quantitative estimate of drug-likeness (QED) is 0.749. The van der Waals surface area contributed by atoms with Gasteiger partial charge in [0.05, 0.1) is 16.8 Å². The number of carbonyl (C=O) groups excluding carboxylic acids is 2. The molecule has 0 unspecified atom stereocenters. The minimum atomic E-state index is -0.300. The van der Waals surface area contributed by atoms with Crippen molar-refractivity contribution in [1.29, 1.82) is 0 Å². The first-order valence-electron chi connectivity index (χ1n) is 8.93. The van der Waals surface area contributed by atoms with Crippen molar-refractivity contribution in [3.63, 3.8) is 0 Å². The third kappa shape index (κ3) is 3.35. The van der Waals surface area contributed by atoms with Crippen molar-refractivity contribution in [2.24, 2.45) is 11.7 Å². The maximum atomic E-state index is 14.2. The highest BCUT2D eigenvalue weighted by Gasteiger charge is 2.28. The first kappa shape index (κ1) is 17.7. The van der Waals surface area contributed by atoms with Crippen LogP contribution in [-0.2, 0) is 11.3 Å². The third-order valence-electron chi connectivity index (χ3n) is 5.21. The van der Waals surface area contributed by atoms with E-state index >= 15 is 0 Å². The van der Waals surface area contributed by atoms with Crippen molar-refractivity contribution in [1.82, 2.24) is 9.47 Å². The summed E-state index contributed by atoms with van der Waals surface area (Å²) in [6.07, 6.45) is 1.17. The summed E-state index contributed by atoms with van der Waals surface area (Å²) in [6.45, 7) is 1.31. The highest BCUT2D eigenvalue weighted by molar-refractivity contribution is 7.17. The monoisotopic (exact) mass is 385 g/mol. The predicted molar refractivity (Wildman–Crippen MR) is 103 cm³/mol. The van der Waals surface area contributed by atoms with Gasteiger partial charge in [-0.15, -0.1) is 11.3 Å². The molecular weight excluding hydrogens is 365 g/mol. The summed E-state index contributed by atoms with van der Waals surface area (Å²) in [5.74, 6) is -0.832. The zero-order chi connectivity index (χ0) is 19.0. The van der Waals surface area contributed by atoms with Gasteiger partial charge >= 0.3 is 0 Å². The number of aromatic nitrogens is 1. The molecule has 3 heterocycles. The molecule has 1 aromatic carbocycles. The highest BCUT2D eigenvalue weighted by atomic mass is 32.1. The molecule has 0 spiro atoms. The lowest BCUT2D eigenvalue weighted by molar-refractivity contribution is -0.123. The van der Waals surface area contributed by atoms with Gasteiger partial charge in [-0.25, -0.2) is 4.39 Å². The number of likely N-dealkylation sites (tertiary alicyclic amines) is 1. The Hall–Kier alpha value is -2.67. The van der Waals surface area contributed by atoms with Gasteiger partial charge in [0, 0.05) is 24.6 Å². The Morgan fingerprint density at radius 3 is 2.63 bits per heavy atom. The fourth-order valence-corrected chi connectivity index (χ4v) is 4.47. The van der Waals surface area contributed by atoms with Gasteiger partial charge in [0.2, 0.25) is 5.91 Å². The van der Waals surface area contributed by atoms with E-state index in [-0.39, 0.29) is 23.5 Å². The van der Waals surface area contributed by atoms with E-state index in [0.717, 1.165) is 10.2 Å². The van der Waals surface area contributed by atoms with Gasteiger partial charge in [-0.1, -0.05) is 18.2 Å². The molecular formula is C20H20FN3O2S. The number of nitrogens with two attached hydrogens (primary N) is 1. The van der Waals surface area contributed by atoms with Crippen LogP contribution < -0.4 is 5.73 Å². The third-order valence-corrected chi connectivity index (χ3v) is 6.07. The van der Waals surface area contributed by atoms with Gasteiger partial charge < -0.3 is 15.2 Å². The van der Waals surface area contributed by atoms with Crippen LogP contribution in [0, 0.1) is 11.7 Å². The average Bonchev–Trinajstić information content (AvgIpc) is 3.25. The number of fused-ring (bicyclic) bond motifs is 1. The van der Waals surface area contributed by atoms with Crippen LogP contribution in [0.25, 0.3) is 10.2 Å². The second-order valence-corrected chi connectivity index (χ2v) is 7.79. The van der Waals surface area contributed by atoms with E-state index < -0.39 is 0 Å². The Morgan fingerprint density at radius 2 is 1.93 bits per heavy atom. The Kier molecular flexibility index (Phi) is 4.70. The van der Waals surface area contributed by atoms with E-state index in [0.29, 0.717) is 43.7 Å². The number of hydrogen-bond donors (Lipinski definition) is 1. The van der Waals surface area contributed by atoms with Crippen LogP contribution >= 0.6 is 11.3 Å². The molecule has 2 amide bonds. The van der Waals surface area contributed by atoms with Crippen molar-refractivity contribution < 1.29 is 14.0 Å². The maximum absolute atomic E-state index is 14.2. The number of halogens is 1. The molecule has 140 valence electrons. The number of primary amides is 1. The van der Waals surface area contributed by atoms with Crippen molar-refractivity contribution in [2.75, 3.05) is 13.1 Å². The second kappa shape index (κ2) is 7.15. The molecule has 1 aliphatic heterocycles. The summed E-state index contributed by atoms with van der Waals surface area (Å²) < 4.78 is 17.0. The largest absolute Gasteiger partial charge is 0.369 e. The molecule has 0 atom stereocenters. The lowest BCUT2D eigenvalue weighted by atomic mass is 9.96. The molecule has 7 heteroatoms. The topological polar surface area (TPSA) is 68.3 Å². The Morgan fingerprint density at radius 1 is 1.19 bits per heavy atom. The van der Waals surface area contributed by atoms with Crippen molar-refractivity contribution in [3.05, 3.63) is 58.9 Å². The standard InChI is InChI=1S/C20H20FN3O2S/c21-15-4-2-1-3-14(15)12-24-16-7-10-27-18(16)11-17(24)20(26)23-8-5-13(6-9-23)19(22)25/h1-4,7,10-11,13H,5-6,8-9,12H2,(H2,22,25). The summed E-state index contributed by atoms with van der Waals surface area (Å²) in [5, 5.41) is 1.97. The van der Waals surface area contributed by atoms with Gasteiger partial charge in [-0.2, -0.15) is 0 Å². The summed E-state index contributed by atoms with van der Waals surface area (Å²) in [4.78, 5) is 26.3. The van der Waals surface area contributed by atoms with E-state index in [1.807, 2.05) is 22.1 Å². The Bertz CT molecular complexity index is 1000. The fraction of sp³-hybridized carbons (Fsp3) is 0.300. The van der Waals surface area contributed by atoms with Crippen LogP contribution in [0.3, 0.4) is 0 Å². The van der Waals surface area contributed by atoms with Gasteiger partial charge in [0.15, 0.2) is 0 Å². The van der Waals surface area contributed by atoms with Gasteiger partial charge in [0.25, 0.3) is 5.91 Å². The van der Waals surface area contributed by atoms with Crippen molar-refractivity contribution in [2.45, 2.75) is 19.4 Å². The smallest absolute Gasteiger partial charge is 0.270 e. The number of benzene rings is 1. The molecule has 1 saturated heterocycles. The predicted octanol–water partition coefficient (Wildman–Crippen LogP) is 3.23. The average molecular weight is 385 g/mol. The summed E-state index contributed by atoms with van der Waals surface area (Å²) >= 11 is 1.56. The molecule has 3 aromatic rings. The van der Waals surface area contributed by atoms with Crippen LogP contribution in [0.4, 0.5) is 4.39 Å². The number of piperidine rings is 1. The number of nitrogens with zero attached hydrogens (tertiary/aromatic N) is 2. The lowest BCUT2D eigenvalue weighted by Crippen LogP contribution is -2.42. The summed E-state index contributed by atoms with van der Waals surface area (Å²) in [5.41, 5.74) is 7.41. The molecule has 4 rings (SSSR count). The molecule has 5 nitrogen and oxygen atoms in total. The molecule has 1 aliphatic rings. The molecule has 0 bridgehead atoms. The summed E-state index contributed by atoms with van der Waals surface area (Å²) in [7, 11) is 0. The van der Waals surface area contributed by atoms with E-state index in [1.54, 1.807) is 34.4 Å². The van der Waals surface area contributed by atoms with Crippen molar-refractivity contribution >= 4 is 33.4 Å². The van der Waals surface area contributed by atoms with Crippen LogP contribution in [0.5, 0.6) is 0 Å². The maximum Gasteiger partial charge on any atom is 0.270 e. The van der Waals surface area contributed by atoms with Gasteiger partial charge in [-0.05, 0) is 36.4 Å². The minimum Gasteiger partial charge on any atom is -0.369 e.